The van der Waals surface area contributed by atoms with E-state index in [0.717, 1.165) is 6.07 Å². The number of carbonyl (C=O) groups is 1. The Morgan fingerprint density at radius 1 is 1.18 bits per heavy atom. The maximum Gasteiger partial charge on any atom is 0.371 e. The second kappa shape index (κ2) is 6.41. The van der Waals surface area contributed by atoms with Crippen LogP contribution >= 0.6 is 0 Å². The molecule has 0 unspecified atom stereocenters. The van der Waals surface area contributed by atoms with Gasteiger partial charge in [0, 0.05) is 0 Å². The normalized spacial score (nSPS) is 9.64. The lowest BCUT2D eigenvalue weighted by atomic mass is 10.2. The van der Waals surface area contributed by atoms with Gasteiger partial charge in [0.1, 0.15) is 11.5 Å². The van der Waals surface area contributed by atoms with Gasteiger partial charge in [-0.1, -0.05) is 0 Å². The number of hydrogen-bond donors (Lipinski definition) is 1. The van der Waals surface area contributed by atoms with Crippen molar-refractivity contribution >= 4 is 5.97 Å². The van der Waals surface area contributed by atoms with Crippen molar-refractivity contribution < 1.29 is 23.8 Å². The predicted octanol–water partition coefficient (Wildman–Crippen LogP) is 3.47. The molecule has 2 rings (SSSR count). The second-order valence-corrected chi connectivity index (χ2v) is 4.16. The summed E-state index contributed by atoms with van der Waals surface area (Å²) in [6.07, 6.45) is 0. The monoisotopic (exact) mass is 299 g/mol. The SMILES string of the molecule is C=C(Oc1ccc(Oc2ccc(C#N)cc2F)cc1)C(=O)O. The summed E-state index contributed by atoms with van der Waals surface area (Å²) in [5.41, 5.74) is 0.195. The van der Waals surface area contributed by atoms with Crippen LogP contribution in [0.3, 0.4) is 0 Å². The Kier molecular flexibility index (Phi) is 4.39. The highest BCUT2D eigenvalue weighted by molar-refractivity contribution is 5.84. The standard InChI is InChI=1S/C16H10FNO4/c1-10(16(19)20)21-12-3-5-13(6-4-12)22-15-7-2-11(9-18)8-14(15)17/h2-8H,1H2,(H,19,20). The Morgan fingerprint density at radius 2 is 1.82 bits per heavy atom. The fraction of sp³-hybridized carbons (Fsp3) is 0. The first-order chi connectivity index (χ1) is 10.5. The summed E-state index contributed by atoms with van der Waals surface area (Å²) in [5.74, 6) is -1.76. The minimum Gasteiger partial charge on any atom is -0.475 e. The molecule has 0 fully saturated rings. The van der Waals surface area contributed by atoms with E-state index in [-0.39, 0.29) is 17.1 Å². The molecule has 0 heterocycles. The molecule has 0 aliphatic carbocycles. The van der Waals surface area contributed by atoms with Gasteiger partial charge in [0.25, 0.3) is 0 Å². The predicted molar refractivity (Wildman–Crippen MR) is 75.0 cm³/mol. The minimum atomic E-state index is -1.26. The fourth-order valence-electron chi connectivity index (χ4n) is 1.54. The number of rotatable bonds is 5. The first-order valence-corrected chi connectivity index (χ1v) is 6.07. The van der Waals surface area contributed by atoms with E-state index in [2.05, 4.69) is 6.58 Å². The van der Waals surface area contributed by atoms with E-state index in [9.17, 15) is 9.18 Å². The van der Waals surface area contributed by atoms with Gasteiger partial charge in [-0.3, -0.25) is 0 Å². The molecule has 2 aromatic carbocycles. The topological polar surface area (TPSA) is 79.5 Å². The minimum absolute atomic E-state index is 0.0254. The highest BCUT2D eigenvalue weighted by Crippen LogP contribution is 2.27. The zero-order valence-corrected chi connectivity index (χ0v) is 11.2. The van der Waals surface area contributed by atoms with Crippen molar-refractivity contribution in [2.45, 2.75) is 0 Å². The van der Waals surface area contributed by atoms with Crippen molar-refractivity contribution in [1.82, 2.24) is 0 Å². The number of nitrogens with zero attached hydrogens (tertiary/aromatic N) is 1. The highest BCUT2D eigenvalue weighted by Gasteiger charge is 2.08. The maximum atomic E-state index is 13.7. The van der Waals surface area contributed by atoms with Gasteiger partial charge in [-0.05, 0) is 49.0 Å². The van der Waals surface area contributed by atoms with Gasteiger partial charge >= 0.3 is 5.97 Å². The molecule has 5 nitrogen and oxygen atoms in total. The quantitative estimate of drug-likeness (QED) is 0.675. The van der Waals surface area contributed by atoms with Gasteiger partial charge in [-0.15, -0.1) is 0 Å². The van der Waals surface area contributed by atoms with Crippen molar-refractivity contribution in [1.29, 1.82) is 5.26 Å². The summed E-state index contributed by atoms with van der Waals surface area (Å²) in [7, 11) is 0. The van der Waals surface area contributed by atoms with Crippen LogP contribution < -0.4 is 9.47 Å². The maximum absolute atomic E-state index is 13.7. The summed E-state index contributed by atoms with van der Waals surface area (Å²) in [4.78, 5) is 10.6. The molecule has 1 N–H and O–H groups in total. The third-order valence-electron chi connectivity index (χ3n) is 2.59. The van der Waals surface area contributed by atoms with Crippen LogP contribution in [0, 0.1) is 17.1 Å². The number of ether oxygens (including phenoxy) is 2. The first-order valence-electron chi connectivity index (χ1n) is 6.07. The zero-order valence-electron chi connectivity index (χ0n) is 11.2. The van der Waals surface area contributed by atoms with Gasteiger partial charge < -0.3 is 14.6 Å². The van der Waals surface area contributed by atoms with Gasteiger partial charge in [0.05, 0.1) is 11.6 Å². The molecule has 0 saturated carbocycles. The largest absolute Gasteiger partial charge is 0.475 e. The zero-order chi connectivity index (χ0) is 16.1. The third kappa shape index (κ3) is 3.61. The molecule has 0 spiro atoms. The molecule has 6 heteroatoms. The Hall–Kier alpha value is -3.33. The van der Waals surface area contributed by atoms with E-state index >= 15 is 0 Å². The summed E-state index contributed by atoms with van der Waals surface area (Å²) in [6.45, 7) is 3.24. The molecule has 0 atom stereocenters. The van der Waals surface area contributed by atoms with Crippen LogP contribution in [-0.2, 0) is 4.79 Å². The third-order valence-corrected chi connectivity index (χ3v) is 2.59. The number of carboxylic acids is 1. The van der Waals surface area contributed by atoms with Gasteiger partial charge in [0.2, 0.25) is 5.76 Å². The highest BCUT2D eigenvalue weighted by atomic mass is 19.1. The summed E-state index contributed by atoms with van der Waals surface area (Å²) in [5, 5.41) is 17.3. The van der Waals surface area contributed by atoms with Crippen LogP contribution in [0.1, 0.15) is 5.56 Å². The van der Waals surface area contributed by atoms with Crippen LogP contribution in [0.4, 0.5) is 4.39 Å². The Labute approximate surface area is 125 Å². The molecule has 0 bridgehead atoms. The van der Waals surface area contributed by atoms with Crippen LogP contribution in [-0.4, -0.2) is 11.1 Å². The molecule has 110 valence electrons. The van der Waals surface area contributed by atoms with E-state index in [1.54, 1.807) is 0 Å². The van der Waals surface area contributed by atoms with E-state index in [1.165, 1.54) is 36.4 Å². The van der Waals surface area contributed by atoms with E-state index in [4.69, 9.17) is 19.8 Å². The van der Waals surface area contributed by atoms with E-state index in [1.807, 2.05) is 6.07 Å². The number of halogens is 1. The van der Waals surface area contributed by atoms with Crippen molar-refractivity contribution in [2.75, 3.05) is 0 Å². The van der Waals surface area contributed by atoms with Crippen molar-refractivity contribution in [3.05, 3.63) is 66.2 Å². The van der Waals surface area contributed by atoms with Crippen LogP contribution in [0.2, 0.25) is 0 Å². The van der Waals surface area contributed by atoms with Gasteiger partial charge in [-0.2, -0.15) is 5.26 Å². The molecule has 0 amide bonds. The van der Waals surface area contributed by atoms with E-state index in [0.29, 0.717) is 5.75 Å². The molecule has 0 aliphatic rings. The van der Waals surface area contributed by atoms with Crippen molar-refractivity contribution in [2.24, 2.45) is 0 Å². The molecule has 0 saturated heterocycles. The lowest BCUT2D eigenvalue weighted by molar-refractivity contribution is -0.135. The number of nitriles is 1. The lowest BCUT2D eigenvalue weighted by Gasteiger charge is -2.08. The summed E-state index contributed by atoms with van der Waals surface area (Å²) in [6, 6.07) is 11.6. The fourth-order valence-corrected chi connectivity index (χ4v) is 1.54. The molecule has 0 radical (unpaired) electrons. The average molecular weight is 299 g/mol. The van der Waals surface area contributed by atoms with Crippen LogP contribution in [0.25, 0.3) is 0 Å². The Morgan fingerprint density at radius 3 is 2.36 bits per heavy atom. The Bertz CT molecular complexity index is 763. The van der Waals surface area contributed by atoms with E-state index < -0.39 is 17.5 Å². The summed E-state index contributed by atoms with van der Waals surface area (Å²) < 4.78 is 24.0. The van der Waals surface area contributed by atoms with Gasteiger partial charge in [-0.25, -0.2) is 9.18 Å². The Balaban J connectivity index is 2.10. The van der Waals surface area contributed by atoms with Gasteiger partial charge in [0.15, 0.2) is 11.6 Å². The molecule has 0 aliphatic heterocycles. The summed E-state index contributed by atoms with van der Waals surface area (Å²) >= 11 is 0. The lowest BCUT2D eigenvalue weighted by Crippen LogP contribution is -2.05. The molecule has 0 aromatic heterocycles. The number of benzene rings is 2. The number of hydrogen-bond acceptors (Lipinski definition) is 4. The van der Waals surface area contributed by atoms with Crippen LogP contribution in [0.15, 0.2) is 54.8 Å². The molecule has 22 heavy (non-hydrogen) atoms. The van der Waals surface area contributed by atoms with Crippen molar-refractivity contribution in [3.63, 3.8) is 0 Å². The molecular weight excluding hydrogens is 289 g/mol. The smallest absolute Gasteiger partial charge is 0.371 e. The second-order valence-electron chi connectivity index (χ2n) is 4.16. The average Bonchev–Trinajstić information content (AvgIpc) is 2.51. The van der Waals surface area contributed by atoms with Crippen LogP contribution in [0.5, 0.6) is 17.2 Å². The van der Waals surface area contributed by atoms with Crippen molar-refractivity contribution in [3.8, 4) is 23.3 Å². The number of aliphatic carboxylic acids is 1. The molecular formula is C16H10FNO4. The molecule has 2 aromatic rings. The number of carboxylic acid groups (broad SMARTS) is 1. The first kappa shape index (κ1) is 15.1.